The number of hydrogen-bond acceptors (Lipinski definition) is 5. The van der Waals surface area contributed by atoms with Gasteiger partial charge in [-0.15, -0.1) is 11.3 Å². The molecule has 0 fully saturated rings. The van der Waals surface area contributed by atoms with Crippen LogP contribution >= 0.6 is 27.3 Å². The zero-order chi connectivity index (χ0) is 23.4. The standard InChI is InChI=1S/C27H22BrN3O2S/c1-15-24-25(19-14-17(28)9-10-21(19)32)26-20(12-16(13-22(26)33)23-8-5-11-34-23)29-27(24)31(30-15)18-6-3-2-4-7-18/h2-11,14,16,25,29,32H,12-13H2,1H3/t16-,25+/m1/s1. The Morgan fingerprint density at radius 1 is 1.12 bits per heavy atom. The van der Waals surface area contributed by atoms with Gasteiger partial charge >= 0.3 is 0 Å². The van der Waals surface area contributed by atoms with Crippen LogP contribution in [0.3, 0.4) is 0 Å². The van der Waals surface area contributed by atoms with E-state index in [1.165, 1.54) is 4.88 Å². The van der Waals surface area contributed by atoms with Gasteiger partial charge in [-0.05, 0) is 55.1 Å². The van der Waals surface area contributed by atoms with Crippen molar-refractivity contribution >= 4 is 38.9 Å². The average Bonchev–Trinajstić information content (AvgIpc) is 3.49. The zero-order valence-electron chi connectivity index (χ0n) is 18.5. The summed E-state index contributed by atoms with van der Waals surface area (Å²) in [6, 6.07) is 19.5. The Balaban J connectivity index is 1.58. The van der Waals surface area contributed by atoms with E-state index in [0.29, 0.717) is 12.0 Å². The number of anilines is 1. The fourth-order valence-electron chi connectivity index (χ4n) is 5.22. The van der Waals surface area contributed by atoms with Gasteiger partial charge in [-0.3, -0.25) is 4.79 Å². The number of thiophene rings is 1. The summed E-state index contributed by atoms with van der Waals surface area (Å²) < 4.78 is 2.77. The van der Waals surface area contributed by atoms with Crippen molar-refractivity contribution in [3.63, 3.8) is 0 Å². The Morgan fingerprint density at radius 3 is 2.71 bits per heavy atom. The predicted octanol–water partition coefficient (Wildman–Crippen LogP) is 6.67. The lowest BCUT2D eigenvalue weighted by molar-refractivity contribution is -0.116. The summed E-state index contributed by atoms with van der Waals surface area (Å²) in [4.78, 5) is 14.9. The van der Waals surface area contributed by atoms with Gasteiger partial charge in [-0.25, -0.2) is 4.68 Å². The number of nitrogens with zero attached hydrogens (tertiary/aromatic N) is 2. The molecular formula is C27H22BrN3O2S. The Hall–Kier alpha value is -3.16. The van der Waals surface area contributed by atoms with Gasteiger partial charge in [0.15, 0.2) is 5.78 Å². The van der Waals surface area contributed by atoms with E-state index in [4.69, 9.17) is 5.10 Å². The third kappa shape index (κ3) is 3.42. The molecule has 0 spiro atoms. The predicted molar refractivity (Wildman–Crippen MR) is 138 cm³/mol. The highest BCUT2D eigenvalue weighted by atomic mass is 79.9. The van der Waals surface area contributed by atoms with Gasteiger partial charge in [0.1, 0.15) is 11.6 Å². The van der Waals surface area contributed by atoms with Crippen LogP contribution in [0, 0.1) is 6.92 Å². The number of carbonyl (C=O) groups is 1. The van der Waals surface area contributed by atoms with Gasteiger partial charge in [-0.2, -0.15) is 5.10 Å². The van der Waals surface area contributed by atoms with Crippen LogP contribution in [0.5, 0.6) is 5.75 Å². The van der Waals surface area contributed by atoms with Crippen LogP contribution in [0.2, 0.25) is 0 Å². The molecule has 5 nitrogen and oxygen atoms in total. The summed E-state index contributed by atoms with van der Waals surface area (Å²) in [5.74, 6) is 0.901. The molecule has 2 aromatic heterocycles. The zero-order valence-corrected chi connectivity index (χ0v) is 20.9. The normalized spacial score (nSPS) is 19.5. The molecule has 4 aromatic rings. The molecule has 6 rings (SSSR count). The summed E-state index contributed by atoms with van der Waals surface area (Å²) in [5, 5.41) is 21.4. The first-order valence-corrected chi connectivity index (χ1v) is 12.9. The maximum atomic E-state index is 13.7. The van der Waals surface area contributed by atoms with E-state index >= 15 is 0 Å². The maximum absolute atomic E-state index is 13.7. The number of fused-ring (bicyclic) bond motifs is 1. The van der Waals surface area contributed by atoms with Gasteiger partial charge < -0.3 is 10.4 Å². The summed E-state index contributed by atoms with van der Waals surface area (Å²) in [6.07, 6.45) is 1.21. The van der Waals surface area contributed by atoms with E-state index in [0.717, 1.165) is 44.9 Å². The van der Waals surface area contributed by atoms with Crippen molar-refractivity contribution in [3.05, 3.63) is 103 Å². The van der Waals surface area contributed by atoms with Crippen molar-refractivity contribution in [1.29, 1.82) is 0 Å². The SMILES string of the molecule is Cc1nn(-c2ccccc2)c2c1[C@H](c1cc(Br)ccc1O)C1=C(C[C@@H](c3cccs3)CC1=O)N2. The number of benzene rings is 2. The molecule has 2 atom stereocenters. The van der Waals surface area contributed by atoms with Crippen LogP contribution in [0.15, 0.2) is 81.8 Å². The Kier molecular flexibility index (Phi) is 5.19. The van der Waals surface area contributed by atoms with Crippen molar-refractivity contribution < 1.29 is 9.90 Å². The second-order valence-corrected chi connectivity index (χ2v) is 10.7. The second-order valence-electron chi connectivity index (χ2n) is 8.79. The molecule has 0 saturated heterocycles. The van der Waals surface area contributed by atoms with E-state index in [1.54, 1.807) is 17.4 Å². The number of allylic oxidation sites excluding steroid dienone is 2. The van der Waals surface area contributed by atoms with Crippen LogP contribution in [0.1, 0.15) is 46.4 Å². The van der Waals surface area contributed by atoms with Crippen LogP contribution < -0.4 is 5.32 Å². The number of carbonyl (C=O) groups excluding carboxylic acids is 1. The van der Waals surface area contributed by atoms with E-state index in [-0.39, 0.29) is 17.5 Å². The van der Waals surface area contributed by atoms with Crippen molar-refractivity contribution in [2.45, 2.75) is 31.6 Å². The van der Waals surface area contributed by atoms with Crippen LogP contribution in [-0.2, 0) is 4.79 Å². The highest BCUT2D eigenvalue weighted by molar-refractivity contribution is 9.10. The maximum Gasteiger partial charge on any atom is 0.162 e. The van der Waals surface area contributed by atoms with Crippen LogP contribution in [-0.4, -0.2) is 20.7 Å². The van der Waals surface area contributed by atoms with Gasteiger partial charge in [0.05, 0.1) is 11.4 Å². The quantitative estimate of drug-likeness (QED) is 0.309. The van der Waals surface area contributed by atoms with Crippen molar-refractivity contribution in [2.75, 3.05) is 5.32 Å². The fraction of sp³-hybridized carbons (Fsp3) is 0.185. The lowest BCUT2D eigenvalue weighted by Crippen LogP contribution is -2.30. The minimum absolute atomic E-state index is 0.119. The molecule has 0 radical (unpaired) electrons. The highest BCUT2D eigenvalue weighted by Gasteiger charge is 2.42. The molecule has 3 heterocycles. The van der Waals surface area contributed by atoms with Crippen molar-refractivity contribution in [1.82, 2.24) is 9.78 Å². The molecule has 7 heteroatoms. The molecule has 1 aliphatic heterocycles. The molecule has 0 unspecified atom stereocenters. The minimum atomic E-state index is -0.391. The van der Waals surface area contributed by atoms with Gasteiger partial charge in [0.25, 0.3) is 0 Å². The first-order valence-electron chi connectivity index (χ1n) is 11.2. The number of hydrogen-bond donors (Lipinski definition) is 2. The van der Waals surface area contributed by atoms with Gasteiger partial charge in [-0.1, -0.05) is 40.2 Å². The third-order valence-electron chi connectivity index (χ3n) is 6.71. The number of aromatic hydroxyl groups is 1. The van der Waals surface area contributed by atoms with Gasteiger partial charge in [0.2, 0.25) is 0 Å². The smallest absolute Gasteiger partial charge is 0.162 e. The Bertz CT molecular complexity index is 1440. The van der Waals surface area contributed by atoms with Crippen LogP contribution in [0.4, 0.5) is 5.82 Å². The number of phenols is 1. The summed E-state index contributed by atoms with van der Waals surface area (Å²) in [7, 11) is 0. The lowest BCUT2D eigenvalue weighted by atomic mass is 9.73. The number of rotatable bonds is 3. The average molecular weight is 532 g/mol. The minimum Gasteiger partial charge on any atom is -0.508 e. The Labute approximate surface area is 209 Å². The number of ketones is 1. The number of Topliss-reactive ketones (excluding diaryl/α,β-unsaturated/α-hetero) is 1. The second kappa shape index (κ2) is 8.25. The van der Waals surface area contributed by atoms with Crippen molar-refractivity contribution in [3.8, 4) is 11.4 Å². The fourth-order valence-corrected chi connectivity index (χ4v) is 6.43. The summed E-state index contributed by atoms with van der Waals surface area (Å²) in [5.41, 5.74) is 5.07. The number of halogens is 1. The first-order chi connectivity index (χ1) is 16.5. The van der Waals surface area contributed by atoms with E-state index in [2.05, 4.69) is 32.7 Å². The molecule has 0 amide bonds. The Morgan fingerprint density at radius 2 is 1.94 bits per heavy atom. The molecule has 2 aromatic carbocycles. The molecule has 2 aliphatic rings. The summed E-state index contributed by atoms with van der Waals surface area (Å²) in [6.45, 7) is 1.97. The number of nitrogens with one attached hydrogen (secondary N) is 1. The molecule has 0 saturated carbocycles. The number of para-hydroxylation sites is 1. The molecule has 170 valence electrons. The molecule has 2 N–H and O–H groups in total. The molecule has 1 aliphatic carbocycles. The first kappa shape index (κ1) is 21.4. The van der Waals surface area contributed by atoms with E-state index < -0.39 is 5.92 Å². The number of aromatic nitrogens is 2. The molecule has 34 heavy (non-hydrogen) atoms. The van der Waals surface area contributed by atoms with E-state index in [9.17, 15) is 9.90 Å². The van der Waals surface area contributed by atoms with E-state index in [1.807, 2.05) is 60.1 Å². The van der Waals surface area contributed by atoms with Crippen LogP contribution in [0.25, 0.3) is 5.69 Å². The summed E-state index contributed by atoms with van der Waals surface area (Å²) >= 11 is 5.25. The number of phenolic OH excluding ortho intramolecular Hbond substituents is 1. The van der Waals surface area contributed by atoms with Gasteiger partial charge in [0, 0.05) is 50.0 Å². The highest BCUT2D eigenvalue weighted by Crippen LogP contribution is 2.51. The molecule has 0 bridgehead atoms. The molecular weight excluding hydrogens is 510 g/mol. The monoisotopic (exact) mass is 531 g/mol. The third-order valence-corrected chi connectivity index (χ3v) is 8.24. The number of aryl methyl sites for hydroxylation is 1. The lowest BCUT2D eigenvalue weighted by Gasteiger charge is -2.35. The largest absolute Gasteiger partial charge is 0.508 e. The van der Waals surface area contributed by atoms with Crippen molar-refractivity contribution in [2.24, 2.45) is 0 Å². The topological polar surface area (TPSA) is 67.1 Å².